The van der Waals surface area contributed by atoms with Gasteiger partial charge >= 0.3 is 0 Å². The van der Waals surface area contributed by atoms with Gasteiger partial charge in [0.25, 0.3) is 11.8 Å². The molecule has 1 heterocycles. The van der Waals surface area contributed by atoms with Gasteiger partial charge in [-0.2, -0.15) is 0 Å². The molecule has 0 fully saturated rings. The molecule has 1 aliphatic heterocycles. The Morgan fingerprint density at radius 2 is 1.61 bits per heavy atom. The predicted molar refractivity (Wildman–Crippen MR) is 125 cm³/mol. The fraction of sp³-hybridized carbons (Fsp3) is 0.385. The van der Waals surface area contributed by atoms with E-state index in [1.807, 2.05) is 77.9 Å². The van der Waals surface area contributed by atoms with Gasteiger partial charge in [-0.3, -0.25) is 14.5 Å². The molecular formula is C26H32N2O3. The molecule has 0 atom stereocenters. The van der Waals surface area contributed by atoms with E-state index >= 15 is 0 Å². The van der Waals surface area contributed by atoms with E-state index in [1.54, 1.807) is 0 Å². The molecule has 31 heavy (non-hydrogen) atoms. The van der Waals surface area contributed by atoms with Gasteiger partial charge in [-0.1, -0.05) is 30.3 Å². The zero-order chi connectivity index (χ0) is 22.7. The van der Waals surface area contributed by atoms with E-state index in [2.05, 4.69) is 5.32 Å². The van der Waals surface area contributed by atoms with Crippen LogP contribution >= 0.6 is 0 Å². The van der Waals surface area contributed by atoms with Crippen molar-refractivity contribution in [3.05, 3.63) is 69.9 Å². The van der Waals surface area contributed by atoms with Crippen molar-refractivity contribution in [3.8, 4) is 0 Å². The quantitative estimate of drug-likeness (QED) is 0.486. The van der Waals surface area contributed by atoms with Crippen LogP contribution in [0.4, 0.5) is 5.69 Å². The summed E-state index contributed by atoms with van der Waals surface area (Å²) in [5, 5.41) is 3.29. The molecule has 2 amide bonds. The number of carbonyl (C=O) groups is 2. The highest BCUT2D eigenvalue weighted by Crippen LogP contribution is 2.32. The van der Waals surface area contributed by atoms with Crippen LogP contribution < -0.4 is 5.32 Å². The lowest BCUT2D eigenvalue weighted by Crippen LogP contribution is -2.34. The van der Waals surface area contributed by atoms with Crippen molar-refractivity contribution in [2.24, 2.45) is 0 Å². The maximum absolute atomic E-state index is 13.4. The smallest absolute Gasteiger partial charge is 0.278 e. The minimum absolute atomic E-state index is 0.121. The third-order valence-corrected chi connectivity index (χ3v) is 5.59. The van der Waals surface area contributed by atoms with Crippen LogP contribution in [0.25, 0.3) is 5.57 Å². The average Bonchev–Trinajstić information content (AvgIpc) is 2.94. The fourth-order valence-electron chi connectivity index (χ4n) is 3.61. The molecule has 3 rings (SSSR count). The molecule has 0 aliphatic carbocycles. The Bertz CT molecular complexity index is 1040. The third-order valence-electron chi connectivity index (χ3n) is 5.59. The molecule has 0 aromatic heterocycles. The average molecular weight is 421 g/mol. The number of hydrogen-bond donors (Lipinski definition) is 1. The second kappa shape index (κ2) is 9.48. The first-order valence-corrected chi connectivity index (χ1v) is 10.8. The topological polar surface area (TPSA) is 58.6 Å². The number of carbonyl (C=O) groups excluding carboxylic acids is 2. The Morgan fingerprint density at radius 1 is 0.903 bits per heavy atom. The number of anilines is 1. The van der Waals surface area contributed by atoms with Gasteiger partial charge in [-0.05, 0) is 81.8 Å². The number of benzene rings is 2. The summed E-state index contributed by atoms with van der Waals surface area (Å²) >= 11 is 0. The fourth-order valence-corrected chi connectivity index (χ4v) is 3.61. The van der Waals surface area contributed by atoms with E-state index in [0.29, 0.717) is 30.8 Å². The van der Waals surface area contributed by atoms with Crippen molar-refractivity contribution in [3.63, 3.8) is 0 Å². The van der Waals surface area contributed by atoms with Crippen LogP contribution in [-0.2, 0) is 14.3 Å². The molecule has 2 aromatic rings. The summed E-state index contributed by atoms with van der Waals surface area (Å²) in [7, 11) is 0. The number of ether oxygens (including phenoxy) is 1. The van der Waals surface area contributed by atoms with E-state index in [-0.39, 0.29) is 17.9 Å². The highest BCUT2D eigenvalue weighted by Gasteiger charge is 2.39. The number of amides is 2. The number of imide groups is 1. The molecular weight excluding hydrogens is 388 g/mol. The van der Waals surface area contributed by atoms with Gasteiger partial charge in [0.15, 0.2) is 0 Å². The predicted octanol–water partition coefficient (Wildman–Crippen LogP) is 4.93. The standard InChI is InChI=1S/C26H32N2O3/c1-16(2)31-13-7-12-28-25(29)23(21-11-10-18(4)20(6)15-21)24(26(28)30)27-22-14-17(3)8-9-19(22)5/h8-11,14-16,27H,7,12-13H2,1-6H3. The highest BCUT2D eigenvalue weighted by molar-refractivity contribution is 6.36. The summed E-state index contributed by atoms with van der Waals surface area (Å²) in [4.78, 5) is 28.0. The van der Waals surface area contributed by atoms with Crippen molar-refractivity contribution in [2.75, 3.05) is 18.5 Å². The van der Waals surface area contributed by atoms with Crippen LogP contribution in [0.15, 0.2) is 42.1 Å². The van der Waals surface area contributed by atoms with Crippen LogP contribution in [0.3, 0.4) is 0 Å². The molecule has 0 saturated carbocycles. The first kappa shape index (κ1) is 22.8. The molecule has 0 bridgehead atoms. The number of nitrogens with one attached hydrogen (secondary N) is 1. The maximum Gasteiger partial charge on any atom is 0.278 e. The maximum atomic E-state index is 13.4. The van der Waals surface area contributed by atoms with Crippen LogP contribution in [0, 0.1) is 27.7 Å². The van der Waals surface area contributed by atoms with Gasteiger partial charge in [0.2, 0.25) is 0 Å². The second-order valence-corrected chi connectivity index (χ2v) is 8.53. The molecule has 0 spiro atoms. The molecule has 2 aromatic carbocycles. The van der Waals surface area contributed by atoms with Gasteiger partial charge in [-0.25, -0.2) is 0 Å². The van der Waals surface area contributed by atoms with Crippen molar-refractivity contribution >= 4 is 23.1 Å². The zero-order valence-electron chi connectivity index (χ0n) is 19.3. The monoisotopic (exact) mass is 420 g/mol. The van der Waals surface area contributed by atoms with Crippen molar-refractivity contribution < 1.29 is 14.3 Å². The van der Waals surface area contributed by atoms with Gasteiger partial charge in [0.05, 0.1) is 11.7 Å². The van der Waals surface area contributed by atoms with E-state index < -0.39 is 0 Å². The Balaban J connectivity index is 1.97. The lowest BCUT2D eigenvalue weighted by atomic mass is 9.99. The van der Waals surface area contributed by atoms with Crippen molar-refractivity contribution in [1.29, 1.82) is 0 Å². The van der Waals surface area contributed by atoms with Crippen LogP contribution in [0.1, 0.15) is 48.1 Å². The first-order chi connectivity index (χ1) is 14.7. The van der Waals surface area contributed by atoms with E-state index in [0.717, 1.165) is 33.5 Å². The normalized spacial score (nSPS) is 14.2. The highest BCUT2D eigenvalue weighted by atomic mass is 16.5. The van der Waals surface area contributed by atoms with Crippen LogP contribution in [0.2, 0.25) is 0 Å². The first-order valence-electron chi connectivity index (χ1n) is 10.8. The summed E-state index contributed by atoms with van der Waals surface area (Å²) in [5.74, 6) is -0.547. The third kappa shape index (κ3) is 5.05. The largest absolute Gasteiger partial charge is 0.379 e. The van der Waals surface area contributed by atoms with Crippen LogP contribution in [-0.4, -0.2) is 36.0 Å². The van der Waals surface area contributed by atoms with E-state index in [9.17, 15) is 9.59 Å². The van der Waals surface area contributed by atoms with Gasteiger partial charge in [0, 0.05) is 18.8 Å². The molecule has 0 unspecified atom stereocenters. The zero-order valence-corrected chi connectivity index (χ0v) is 19.3. The van der Waals surface area contributed by atoms with Gasteiger partial charge < -0.3 is 10.1 Å². The molecule has 164 valence electrons. The minimum atomic E-state index is -0.288. The van der Waals surface area contributed by atoms with Gasteiger partial charge in [0.1, 0.15) is 5.70 Å². The lowest BCUT2D eigenvalue weighted by Gasteiger charge is -2.16. The van der Waals surface area contributed by atoms with E-state index in [4.69, 9.17) is 4.74 Å². The number of rotatable bonds is 8. The molecule has 1 aliphatic rings. The van der Waals surface area contributed by atoms with E-state index in [1.165, 1.54) is 4.90 Å². The molecule has 5 heteroatoms. The van der Waals surface area contributed by atoms with Gasteiger partial charge in [-0.15, -0.1) is 0 Å². The van der Waals surface area contributed by atoms with Crippen molar-refractivity contribution in [1.82, 2.24) is 4.90 Å². The SMILES string of the molecule is Cc1ccc(C)c(NC2=C(c3ccc(C)c(C)c3)C(=O)N(CCCOC(C)C)C2=O)c1. The summed E-state index contributed by atoms with van der Waals surface area (Å²) in [5.41, 5.74) is 6.69. The summed E-state index contributed by atoms with van der Waals surface area (Å²) in [6.45, 7) is 12.8. The Morgan fingerprint density at radius 3 is 2.29 bits per heavy atom. The second-order valence-electron chi connectivity index (χ2n) is 8.53. The Hall–Kier alpha value is -2.92. The molecule has 1 N–H and O–H groups in total. The number of aryl methyl sites for hydroxylation is 4. The van der Waals surface area contributed by atoms with Crippen LogP contribution in [0.5, 0.6) is 0 Å². The summed E-state index contributed by atoms with van der Waals surface area (Å²) in [6, 6.07) is 11.9. The molecule has 5 nitrogen and oxygen atoms in total. The number of nitrogens with zero attached hydrogens (tertiary/aromatic N) is 1. The number of hydrogen-bond acceptors (Lipinski definition) is 4. The summed E-state index contributed by atoms with van der Waals surface area (Å²) < 4.78 is 5.59. The molecule has 0 saturated heterocycles. The minimum Gasteiger partial charge on any atom is -0.379 e. The van der Waals surface area contributed by atoms with Crippen molar-refractivity contribution in [2.45, 2.75) is 54.1 Å². The molecule has 0 radical (unpaired) electrons. The summed E-state index contributed by atoms with van der Waals surface area (Å²) in [6.07, 6.45) is 0.725. The Kier molecular flexibility index (Phi) is 6.96. The lowest BCUT2D eigenvalue weighted by molar-refractivity contribution is -0.137. The Labute approximate surface area is 185 Å².